The van der Waals surface area contributed by atoms with Gasteiger partial charge in [-0.15, -0.1) is 0 Å². The van der Waals surface area contributed by atoms with E-state index in [-0.39, 0.29) is 30.0 Å². The maximum absolute atomic E-state index is 15.6. The number of piperidine rings is 1. The number of fused-ring (bicyclic) bond motifs is 4. The van der Waals surface area contributed by atoms with E-state index in [9.17, 15) is 4.79 Å². The molecule has 0 spiro atoms. The van der Waals surface area contributed by atoms with Crippen LogP contribution in [0.3, 0.4) is 0 Å². The Balaban J connectivity index is 1.07. The van der Waals surface area contributed by atoms with Gasteiger partial charge in [-0.1, -0.05) is 0 Å². The number of nitrogens with zero attached hydrogens (tertiary/aromatic N) is 7. The molecule has 12 nitrogen and oxygen atoms in total. The maximum atomic E-state index is 15.6. The van der Waals surface area contributed by atoms with Gasteiger partial charge in [0.2, 0.25) is 5.88 Å². The van der Waals surface area contributed by atoms with E-state index >= 15 is 4.39 Å². The summed E-state index contributed by atoms with van der Waals surface area (Å²) in [6, 6.07) is 8.66. The minimum Gasteiger partial charge on any atom is -0.474 e. The molecule has 2 aliphatic heterocycles. The number of carbonyl (C=O) groups excluding carboxylic acids is 1. The number of anilines is 2. The molecule has 2 unspecified atom stereocenters. The smallest absolute Gasteiger partial charge is 0.410 e. The third kappa shape index (κ3) is 5.77. The van der Waals surface area contributed by atoms with E-state index in [1.807, 2.05) is 25.7 Å². The Bertz CT molecular complexity index is 1890. The van der Waals surface area contributed by atoms with Crippen molar-refractivity contribution in [3.05, 3.63) is 66.8 Å². The van der Waals surface area contributed by atoms with Crippen molar-refractivity contribution >= 4 is 34.1 Å². The number of ether oxygens (including phenoxy) is 3. The van der Waals surface area contributed by atoms with E-state index in [4.69, 9.17) is 14.2 Å². The van der Waals surface area contributed by atoms with Crippen LogP contribution in [0.15, 0.2) is 55.4 Å². The summed E-state index contributed by atoms with van der Waals surface area (Å²) >= 11 is 0. The van der Waals surface area contributed by atoms with Crippen LogP contribution in [0.2, 0.25) is 0 Å². The summed E-state index contributed by atoms with van der Waals surface area (Å²) in [5.41, 5.74) is 1.23. The molecule has 2 saturated heterocycles. The summed E-state index contributed by atoms with van der Waals surface area (Å²) in [6.45, 7) is 7.29. The molecule has 0 saturated carbocycles. The van der Waals surface area contributed by atoms with Gasteiger partial charge in [-0.25, -0.2) is 33.6 Å². The van der Waals surface area contributed by atoms with Crippen molar-refractivity contribution in [2.45, 2.75) is 77.2 Å². The van der Waals surface area contributed by atoms with Gasteiger partial charge >= 0.3 is 6.09 Å². The van der Waals surface area contributed by atoms with Crippen LogP contribution >= 0.6 is 0 Å². The Labute approximate surface area is 258 Å². The van der Waals surface area contributed by atoms with Crippen LogP contribution in [0.4, 0.5) is 20.7 Å². The average Bonchev–Trinajstić information content (AvgIpc) is 3.57. The molecule has 7 rings (SSSR count). The number of amides is 1. The average molecular weight is 613 g/mol. The highest BCUT2D eigenvalue weighted by molar-refractivity contribution is 5.90. The Morgan fingerprint density at radius 3 is 2.60 bits per heavy atom. The number of pyridine rings is 2. The van der Waals surface area contributed by atoms with Crippen molar-refractivity contribution in [1.82, 2.24) is 34.4 Å². The first-order valence-electron chi connectivity index (χ1n) is 14.9. The monoisotopic (exact) mass is 612 g/mol. The summed E-state index contributed by atoms with van der Waals surface area (Å²) in [7, 11) is 0. The molecule has 0 radical (unpaired) electrons. The van der Waals surface area contributed by atoms with Gasteiger partial charge in [0, 0.05) is 54.2 Å². The van der Waals surface area contributed by atoms with Crippen molar-refractivity contribution < 1.29 is 23.4 Å². The van der Waals surface area contributed by atoms with Crippen LogP contribution in [-0.4, -0.2) is 64.3 Å². The van der Waals surface area contributed by atoms with Crippen LogP contribution in [0, 0.1) is 12.7 Å². The number of rotatable bonds is 6. The fourth-order valence-electron chi connectivity index (χ4n) is 6.10. The van der Waals surface area contributed by atoms with Gasteiger partial charge in [0.1, 0.15) is 41.7 Å². The molecule has 1 aromatic carbocycles. The van der Waals surface area contributed by atoms with Gasteiger partial charge in [-0.3, -0.25) is 0 Å². The van der Waals surface area contributed by atoms with E-state index in [2.05, 4.69) is 30.4 Å². The zero-order valence-corrected chi connectivity index (χ0v) is 25.4. The number of hydrogen-bond donors (Lipinski definition) is 1. The van der Waals surface area contributed by atoms with Gasteiger partial charge < -0.3 is 24.4 Å². The first-order chi connectivity index (χ1) is 21.6. The highest BCUT2D eigenvalue weighted by atomic mass is 19.1. The Hall–Kier alpha value is -5.07. The van der Waals surface area contributed by atoms with E-state index in [0.717, 1.165) is 12.8 Å². The second-order valence-electron chi connectivity index (χ2n) is 12.4. The molecule has 13 heteroatoms. The first-order valence-corrected chi connectivity index (χ1v) is 14.9. The third-order valence-corrected chi connectivity index (χ3v) is 8.15. The van der Waals surface area contributed by atoms with Crippen LogP contribution < -0.4 is 14.8 Å². The first kappa shape index (κ1) is 28.7. The van der Waals surface area contributed by atoms with Crippen molar-refractivity contribution in [2.75, 3.05) is 5.32 Å². The number of benzene rings is 1. The number of nitrogens with one attached hydrogen (secondary N) is 1. The fraction of sp³-hybridized carbons (Fsp3) is 0.375. The Morgan fingerprint density at radius 1 is 1.02 bits per heavy atom. The van der Waals surface area contributed by atoms with Crippen molar-refractivity contribution in [2.24, 2.45) is 0 Å². The second-order valence-corrected chi connectivity index (χ2v) is 12.4. The normalized spacial score (nSPS) is 19.6. The lowest BCUT2D eigenvalue weighted by Gasteiger charge is -2.39. The lowest BCUT2D eigenvalue weighted by Crippen LogP contribution is -2.50. The zero-order valence-electron chi connectivity index (χ0n) is 25.4. The summed E-state index contributed by atoms with van der Waals surface area (Å²) in [5, 5.41) is 7.82. The number of halogens is 1. The molecule has 6 heterocycles. The molecule has 2 fully saturated rings. The zero-order chi connectivity index (χ0) is 31.3. The van der Waals surface area contributed by atoms with Gasteiger partial charge in [0.25, 0.3) is 0 Å². The number of carbonyl (C=O) groups is 1. The van der Waals surface area contributed by atoms with E-state index in [1.165, 1.54) is 12.7 Å². The van der Waals surface area contributed by atoms with Crippen molar-refractivity contribution in [1.29, 1.82) is 0 Å². The molecule has 1 N–H and O–H groups in total. The molecule has 1 amide bonds. The molecule has 45 heavy (non-hydrogen) atoms. The van der Waals surface area contributed by atoms with Crippen molar-refractivity contribution in [3.63, 3.8) is 0 Å². The Kier molecular flexibility index (Phi) is 7.10. The minimum atomic E-state index is -0.543. The van der Waals surface area contributed by atoms with E-state index < -0.39 is 11.4 Å². The standard InChI is InChI=1S/C32H33FN8O4/c1-18-26(43-21-9-10-40-27(13-21)36-17-38-40)8-7-24(29(18)33)39-30-23-14-28(34-15-25(23)35-16-37-30)44-22-11-19-5-6-20(12-22)41(19)31(42)45-32(2,3)4/h7-10,13-17,19-20,22H,5-6,11-12H2,1-4H3,(H,35,37,39). The highest BCUT2D eigenvalue weighted by Gasteiger charge is 2.45. The molecule has 232 valence electrons. The van der Waals surface area contributed by atoms with Crippen molar-refractivity contribution in [3.8, 4) is 17.4 Å². The minimum absolute atomic E-state index is 0.0633. The second kappa shape index (κ2) is 11.1. The quantitative estimate of drug-likeness (QED) is 0.231. The number of aromatic nitrogens is 6. The molecule has 2 aliphatic rings. The summed E-state index contributed by atoms with van der Waals surface area (Å²) in [6.07, 6.45) is 9.05. The predicted molar refractivity (Wildman–Crippen MR) is 163 cm³/mol. The van der Waals surface area contributed by atoms with E-state index in [0.29, 0.717) is 58.2 Å². The molecular weight excluding hydrogens is 579 g/mol. The van der Waals surface area contributed by atoms with Gasteiger partial charge in [0.05, 0.1) is 17.4 Å². The Morgan fingerprint density at radius 2 is 1.82 bits per heavy atom. The topological polar surface area (TPSA) is 129 Å². The highest BCUT2D eigenvalue weighted by Crippen LogP contribution is 2.39. The molecule has 5 aromatic rings. The summed E-state index contributed by atoms with van der Waals surface area (Å²) < 4.78 is 35.2. The fourth-order valence-corrected chi connectivity index (χ4v) is 6.10. The predicted octanol–water partition coefficient (Wildman–Crippen LogP) is 6.36. The molecular formula is C32H33FN8O4. The SMILES string of the molecule is Cc1c(Oc2ccn3ncnc3c2)ccc(Nc2ncnc3cnc(OC4CC5CCC(C4)N5C(=O)OC(C)(C)C)cc23)c1F. The van der Waals surface area contributed by atoms with Gasteiger partial charge in [-0.05, 0) is 58.7 Å². The van der Waals surface area contributed by atoms with Crippen LogP contribution in [0.5, 0.6) is 17.4 Å². The summed E-state index contributed by atoms with van der Waals surface area (Å²) in [5.74, 6) is 1.25. The summed E-state index contributed by atoms with van der Waals surface area (Å²) in [4.78, 5) is 32.1. The molecule has 4 aromatic heterocycles. The lowest BCUT2D eigenvalue weighted by atomic mass is 10.0. The third-order valence-electron chi connectivity index (χ3n) is 8.15. The van der Waals surface area contributed by atoms with Crippen LogP contribution in [-0.2, 0) is 4.74 Å². The van der Waals surface area contributed by atoms with Gasteiger partial charge in [-0.2, -0.15) is 5.10 Å². The molecule has 0 aliphatic carbocycles. The molecule has 2 bridgehead atoms. The lowest BCUT2D eigenvalue weighted by molar-refractivity contribution is -0.00758. The largest absolute Gasteiger partial charge is 0.474 e. The van der Waals surface area contributed by atoms with Crippen LogP contribution in [0.25, 0.3) is 16.6 Å². The van der Waals surface area contributed by atoms with Crippen LogP contribution in [0.1, 0.15) is 52.0 Å². The molecule has 2 atom stereocenters. The maximum Gasteiger partial charge on any atom is 0.410 e. The number of hydrogen-bond acceptors (Lipinski definition) is 10. The van der Waals surface area contributed by atoms with E-state index in [1.54, 1.807) is 54.2 Å². The van der Waals surface area contributed by atoms with Gasteiger partial charge in [0.15, 0.2) is 11.5 Å².